The zero-order chi connectivity index (χ0) is 14.1. The second kappa shape index (κ2) is 3.84. The minimum Gasteiger partial charge on any atom is -0.438 e. The third kappa shape index (κ3) is 1.47. The Bertz CT molecular complexity index is 706. The van der Waals surface area contributed by atoms with E-state index >= 15 is 0 Å². The summed E-state index contributed by atoms with van der Waals surface area (Å²) >= 11 is 2.32. The molecule has 0 saturated carbocycles. The van der Waals surface area contributed by atoms with Gasteiger partial charge in [0.15, 0.2) is 0 Å². The molecule has 0 radical (unpaired) electrons. The number of ether oxygens (including phenoxy) is 1. The van der Waals surface area contributed by atoms with Crippen LogP contribution in [0.4, 0.5) is 10.5 Å². The quantitative estimate of drug-likeness (QED) is 0.644. The van der Waals surface area contributed by atoms with Crippen LogP contribution in [0.15, 0.2) is 28.1 Å². The summed E-state index contributed by atoms with van der Waals surface area (Å²) in [5, 5.41) is 0. The summed E-state index contributed by atoms with van der Waals surface area (Å²) in [6.07, 6.45) is 8.48. The van der Waals surface area contributed by atoms with Crippen LogP contribution in [0.5, 0.6) is 0 Å². The Kier molecular flexibility index (Phi) is 2.38. The van der Waals surface area contributed by atoms with Gasteiger partial charge in [0, 0.05) is 29.9 Å². The fourth-order valence-corrected chi connectivity index (χ4v) is 3.81. The number of fused-ring (bicyclic) bond motifs is 3. The van der Waals surface area contributed by atoms with Crippen molar-refractivity contribution >= 4 is 39.9 Å². The molecule has 102 valence electrons. The Morgan fingerprint density at radius 1 is 1.40 bits per heavy atom. The molecule has 4 nitrogen and oxygen atoms in total. The van der Waals surface area contributed by atoms with Gasteiger partial charge in [0.25, 0.3) is 0 Å². The largest absolute Gasteiger partial charge is 0.438 e. The first-order valence-electron chi connectivity index (χ1n) is 6.56. The minimum atomic E-state index is -0.624. The number of cyclic esters (lactones) is 1. The first-order valence-corrected chi connectivity index (χ1v) is 7.64. The number of hydrogen-bond acceptors (Lipinski definition) is 3. The lowest BCUT2D eigenvalue weighted by Gasteiger charge is -2.38. The Morgan fingerprint density at radius 2 is 2.20 bits per heavy atom. The van der Waals surface area contributed by atoms with Crippen molar-refractivity contribution in [1.29, 1.82) is 0 Å². The van der Waals surface area contributed by atoms with E-state index in [2.05, 4.69) is 39.7 Å². The van der Waals surface area contributed by atoms with Crippen molar-refractivity contribution < 1.29 is 9.53 Å². The van der Waals surface area contributed by atoms with Gasteiger partial charge >= 0.3 is 6.09 Å². The number of anilines is 1. The Morgan fingerprint density at radius 3 is 3.00 bits per heavy atom. The van der Waals surface area contributed by atoms with E-state index in [9.17, 15) is 4.79 Å². The summed E-state index contributed by atoms with van der Waals surface area (Å²) in [5.41, 5.74) is 3.58. The summed E-state index contributed by atoms with van der Waals surface area (Å²) in [6, 6.07) is 0.0495. The summed E-state index contributed by atoms with van der Waals surface area (Å²) in [7, 11) is 0. The van der Waals surface area contributed by atoms with E-state index in [1.165, 1.54) is 9.15 Å². The molecule has 0 bridgehead atoms. The van der Waals surface area contributed by atoms with Gasteiger partial charge in [-0.1, -0.05) is 12.2 Å². The lowest BCUT2D eigenvalue weighted by molar-refractivity contribution is 0.0344. The highest BCUT2D eigenvalue weighted by Crippen LogP contribution is 2.51. The van der Waals surface area contributed by atoms with Crippen LogP contribution in [0.3, 0.4) is 0 Å². The molecule has 3 heterocycles. The van der Waals surface area contributed by atoms with Gasteiger partial charge in [-0.25, -0.2) is 4.79 Å². The number of carbonyl (C=O) groups is 1. The van der Waals surface area contributed by atoms with Gasteiger partial charge in [-0.15, -0.1) is 0 Å². The molecule has 0 spiro atoms. The minimum absolute atomic E-state index is 0.0495. The van der Waals surface area contributed by atoms with Crippen LogP contribution in [0.2, 0.25) is 0 Å². The molecule has 0 N–H and O–H groups in total. The maximum Gasteiger partial charge on any atom is 0.415 e. The van der Waals surface area contributed by atoms with Gasteiger partial charge in [-0.05, 0) is 45.6 Å². The number of amides is 1. The average Bonchev–Trinajstić information content (AvgIpc) is 2.70. The molecule has 5 heteroatoms. The average molecular weight is 380 g/mol. The van der Waals surface area contributed by atoms with E-state index in [1.807, 2.05) is 26.2 Å². The highest BCUT2D eigenvalue weighted by atomic mass is 127. The summed E-state index contributed by atoms with van der Waals surface area (Å²) in [4.78, 5) is 18.6. The number of halogens is 1. The van der Waals surface area contributed by atoms with Gasteiger partial charge in [-0.3, -0.25) is 9.88 Å². The Labute approximate surface area is 130 Å². The molecule has 4 rings (SSSR count). The van der Waals surface area contributed by atoms with Crippen LogP contribution in [-0.2, 0) is 10.3 Å². The predicted octanol–water partition coefficient (Wildman–Crippen LogP) is 3.76. The smallest absolute Gasteiger partial charge is 0.415 e. The van der Waals surface area contributed by atoms with Gasteiger partial charge in [0.1, 0.15) is 5.60 Å². The maximum absolute atomic E-state index is 12.4. The van der Waals surface area contributed by atoms with Gasteiger partial charge < -0.3 is 4.74 Å². The van der Waals surface area contributed by atoms with Crippen LogP contribution in [0.25, 0.3) is 5.57 Å². The molecule has 1 aromatic rings. The molecule has 1 atom stereocenters. The lowest BCUT2D eigenvalue weighted by atomic mass is 9.93. The standard InChI is InChI=1S/C15H13IN2O2/c1-15(2)11-7-17-6-10-9-4-3-8(16)5-12(9)18(13(10)11)14(19)20-15/h3-4,6-7,12H,5H2,1-2H3. The number of allylic oxidation sites excluding steroid dienone is 2. The fourth-order valence-electron chi connectivity index (χ4n) is 3.22. The first-order chi connectivity index (χ1) is 9.49. The molecule has 1 aliphatic carbocycles. The third-order valence-corrected chi connectivity index (χ3v) is 4.96. The van der Waals surface area contributed by atoms with E-state index < -0.39 is 5.60 Å². The highest BCUT2D eigenvalue weighted by Gasteiger charge is 2.48. The molecular formula is C15H13IN2O2. The normalized spacial score (nSPS) is 25.4. The first kappa shape index (κ1) is 12.4. The number of nitrogens with zero attached hydrogens (tertiary/aromatic N) is 2. The SMILES string of the molecule is CC1(C)OC(=O)N2c3c(cncc31)C1=CC=C(I)CC12. The van der Waals surface area contributed by atoms with E-state index in [4.69, 9.17) is 4.74 Å². The van der Waals surface area contributed by atoms with Crippen LogP contribution in [0, 0.1) is 0 Å². The van der Waals surface area contributed by atoms with Crippen molar-refractivity contribution in [2.45, 2.75) is 31.9 Å². The maximum atomic E-state index is 12.4. The zero-order valence-corrected chi connectivity index (χ0v) is 13.3. The Hall–Kier alpha value is -1.37. The van der Waals surface area contributed by atoms with Crippen molar-refractivity contribution in [3.05, 3.63) is 39.3 Å². The zero-order valence-electron chi connectivity index (χ0n) is 11.2. The van der Waals surface area contributed by atoms with Gasteiger partial charge in [0.05, 0.1) is 11.7 Å². The second-order valence-electron chi connectivity index (χ2n) is 5.79. The lowest BCUT2D eigenvalue weighted by Crippen LogP contribution is -2.46. The highest BCUT2D eigenvalue weighted by molar-refractivity contribution is 14.1. The number of aromatic nitrogens is 1. The van der Waals surface area contributed by atoms with Crippen LogP contribution in [0.1, 0.15) is 31.4 Å². The topological polar surface area (TPSA) is 42.4 Å². The van der Waals surface area contributed by atoms with Gasteiger partial charge in [-0.2, -0.15) is 0 Å². The molecule has 1 unspecified atom stereocenters. The van der Waals surface area contributed by atoms with E-state index in [1.54, 1.807) is 4.90 Å². The second-order valence-corrected chi connectivity index (χ2v) is 7.17. The Balaban J connectivity index is 2.02. The van der Waals surface area contributed by atoms with Crippen LogP contribution < -0.4 is 4.90 Å². The van der Waals surface area contributed by atoms with E-state index in [-0.39, 0.29) is 12.1 Å². The van der Waals surface area contributed by atoms with Gasteiger partial charge in [0.2, 0.25) is 0 Å². The number of hydrogen-bond donors (Lipinski definition) is 0. The van der Waals surface area contributed by atoms with Crippen molar-refractivity contribution in [2.75, 3.05) is 4.90 Å². The molecule has 3 aliphatic rings. The fraction of sp³-hybridized carbons (Fsp3) is 0.333. The number of pyridine rings is 1. The van der Waals surface area contributed by atoms with Crippen molar-refractivity contribution in [1.82, 2.24) is 4.98 Å². The number of rotatable bonds is 0. The van der Waals surface area contributed by atoms with E-state index in [0.29, 0.717) is 0 Å². The molecule has 0 saturated heterocycles. The molecule has 2 aliphatic heterocycles. The summed E-state index contributed by atoms with van der Waals surface area (Å²) in [6.45, 7) is 3.83. The van der Waals surface area contributed by atoms with Crippen molar-refractivity contribution in [3.8, 4) is 0 Å². The summed E-state index contributed by atoms with van der Waals surface area (Å²) in [5.74, 6) is 0. The van der Waals surface area contributed by atoms with E-state index in [0.717, 1.165) is 23.2 Å². The molecule has 20 heavy (non-hydrogen) atoms. The van der Waals surface area contributed by atoms with Crippen molar-refractivity contribution in [3.63, 3.8) is 0 Å². The molecule has 0 fully saturated rings. The number of carbonyl (C=O) groups excluding carboxylic acids is 1. The summed E-state index contributed by atoms with van der Waals surface area (Å²) < 4.78 is 6.87. The predicted molar refractivity (Wildman–Crippen MR) is 84.7 cm³/mol. The van der Waals surface area contributed by atoms with Crippen LogP contribution >= 0.6 is 22.6 Å². The third-order valence-electron chi connectivity index (χ3n) is 4.16. The molecule has 1 aromatic heterocycles. The van der Waals surface area contributed by atoms with Crippen molar-refractivity contribution in [2.24, 2.45) is 0 Å². The monoisotopic (exact) mass is 380 g/mol. The molecule has 1 amide bonds. The molecule has 0 aromatic carbocycles. The van der Waals surface area contributed by atoms with Crippen LogP contribution in [-0.4, -0.2) is 17.1 Å². The molecular weight excluding hydrogens is 367 g/mol.